The molecule has 188 valence electrons. The molecular formula is C28H39Cl3N2S. The van der Waals surface area contributed by atoms with Crippen LogP contribution in [-0.4, -0.2) is 23.4 Å². The van der Waals surface area contributed by atoms with E-state index in [2.05, 4.69) is 73.4 Å². The Bertz CT molecular complexity index is 888. The smallest absolute Gasteiger partial charge is 0.0595 e. The van der Waals surface area contributed by atoms with Gasteiger partial charge in [-0.05, 0) is 73.8 Å². The van der Waals surface area contributed by atoms with Gasteiger partial charge in [0.1, 0.15) is 0 Å². The second-order valence-corrected chi connectivity index (χ2v) is 10.7. The molecule has 0 bridgehead atoms. The van der Waals surface area contributed by atoms with E-state index in [1.54, 1.807) is 23.6 Å². The lowest BCUT2D eigenvalue weighted by Gasteiger charge is -2.22. The summed E-state index contributed by atoms with van der Waals surface area (Å²) in [6.07, 6.45) is 14.8. The summed E-state index contributed by atoms with van der Waals surface area (Å²) in [5.41, 5.74) is 4.17. The summed E-state index contributed by atoms with van der Waals surface area (Å²) in [6, 6.07) is 5.92. The van der Waals surface area contributed by atoms with Gasteiger partial charge in [-0.15, -0.1) is 18.2 Å². The van der Waals surface area contributed by atoms with E-state index in [0.717, 1.165) is 26.1 Å². The van der Waals surface area contributed by atoms with Crippen LogP contribution in [0.2, 0.25) is 10.0 Å². The van der Waals surface area contributed by atoms with E-state index in [0.29, 0.717) is 16.0 Å². The van der Waals surface area contributed by atoms with Crippen molar-refractivity contribution in [1.29, 1.82) is 0 Å². The minimum Gasteiger partial charge on any atom is -0.367 e. The first kappa shape index (κ1) is 30.9. The Morgan fingerprint density at radius 2 is 1.97 bits per heavy atom. The van der Waals surface area contributed by atoms with Gasteiger partial charge in [0.2, 0.25) is 0 Å². The molecule has 0 radical (unpaired) electrons. The highest BCUT2D eigenvalue weighted by atomic mass is 35.5. The summed E-state index contributed by atoms with van der Waals surface area (Å²) in [4.78, 5) is 3.79. The number of hydrogen-bond acceptors (Lipinski definition) is 3. The number of alkyl halides is 1. The molecule has 1 aromatic carbocycles. The molecule has 6 heteroatoms. The standard InChI is InChI=1S/C18H19Cl2N.C6H13NS.C4H7Cl/c1-2-14-12-21(18-7-5-3-4-6-15(14)18)11-13-8-9-16(19)17(20)10-13;1-4-6(3)8-7-5-2;1-3-4(2)5/h3-5,7-10,14H,2,6,11-12H2,1H3;4,7H,5H2,1-3H3;3-4H,1H2,2H3/b;6-4+;. The van der Waals surface area contributed by atoms with E-state index < -0.39 is 0 Å². The molecule has 0 saturated carbocycles. The van der Waals surface area contributed by atoms with Crippen LogP contribution in [0.1, 0.15) is 53.0 Å². The molecule has 2 nitrogen and oxygen atoms in total. The fraction of sp³-hybridized carbons (Fsp3) is 0.429. The fourth-order valence-corrected chi connectivity index (χ4v) is 4.23. The van der Waals surface area contributed by atoms with E-state index in [-0.39, 0.29) is 5.38 Å². The van der Waals surface area contributed by atoms with Crippen molar-refractivity contribution >= 4 is 46.8 Å². The Balaban J connectivity index is 0.000000370. The molecule has 0 saturated heterocycles. The third kappa shape index (κ3) is 11.1. The molecule has 2 aliphatic rings. The van der Waals surface area contributed by atoms with Gasteiger partial charge < -0.3 is 4.90 Å². The second kappa shape index (κ2) is 17.3. The largest absolute Gasteiger partial charge is 0.367 e. The quantitative estimate of drug-likeness (QED) is 0.210. The summed E-state index contributed by atoms with van der Waals surface area (Å²) in [7, 11) is 0. The van der Waals surface area contributed by atoms with Crippen LogP contribution in [0.3, 0.4) is 0 Å². The van der Waals surface area contributed by atoms with E-state index in [1.165, 1.54) is 22.6 Å². The molecular weight excluding hydrogens is 503 g/mol. The van der Waals surface area contributed by atoms with Crippen molar-refractivity contribution in [3.63, 3.8) is 0 Å². The molecule has 1 aromatic rings. The average Bonchev–Trinajstić information content (AvgIpc) is 2.99. The lowest BCUT2D eigenvalue weighted by atomic mass is 9.96. The number of nitrogens with one attached hydrogen (secondary N) is 1. The van der Waals surface area contributed by atoms with E-state index >= 15 is 0 Å². The molecule has 2 unspecified atom stereocenters. The van der Waals surface area contributed by atoms with Crippen molar-refractivity contribution in [2.24, 2.45) is 5.92 Å². The Hall–Kier alpha value is -1.10. The number of hydrogen-bond donors (Lipinski definition) is 1. The van der Waals surface area contributed by atoms with Gasteiger partial charge in [-0.3, -0.25) is 4.72 Å². The Morgan fingerprint density at radius 1 is 1.26 bits per heavy atom. The highest BCUT2D eigenvalue weighted by Gasteiger charge is 2.28. The van der Waals surface area contributed by atoms with Gasteiger partial charge in [0.25, 0.3) is 0 Å². The Kier molecular flexibility index (Phi) is 15.8. The van der Waals surface area contributed by atoms with Crippen molar-refractivity contribution in [2.75, 3.05) is 13.1 Å². The van der Waals surface area contributed by atoms with E-state index in [9.17, 15) is 0 Å². The normalized spacial score (nSPS) is 17.8. The lowest BCUT2D eigenvalue weighted by molar-refractivity contribution is 0.341. The monoisotopic (exact) mass is 540 g/mol. The van der Waals surface area contributed by atoms with Gasteiger partial charge in [0.05, 0.1) is 10.0 Å². The summed E-state index contributed by atoms with van der Waals surface area (Å²) < 4.78 is 3.15. The number of rotatable bonds is 7. The maximum absolute atomic E-state index is 6.13. The first-order valence-electron chi connectivity index (χ1n) is 11.8. The zero-order valence-electron chi connectivity index (χ0n) is 21.1. The summed E-state index contributed by atoms with van der Waals surface area (Å²) in [5, 5.41) is 1.37. The molecule has 0 aromatic heterocycles. The molecule has 2 atom stereocenters. The van der Waals surface area contributed by atoms with Gasteiger partial charge in [0, 0.05) is 30.7 Å². The fourth-order valence-electron chi connectivity index (χ4n) is 3.42. The van der Waals surface area contributed by atoms with Crippen molar-refractivity contribution in [3.8, 4) is 0 Å². The molecule has 1 heterocycles. The minimum absolute atomic E-state index is 0.120. The summed E-state index contributed by atoms with van der Waals surface area (Å²) in [5.74, 6) is 0.662. The third-order valence-corrected chi connectivity index (χ3v) is 7.31. The van der Waals surface area contributed by atoms with Gasteiger partial charge >= 0.3 is 0 Å². The maximum Gasteiger partial charge on any atom is 0.0595 e. The minimum atomic E-state index is 0.120. The highest BCUT2D eigenvalue weighted by molar-refractivity contribution is 8.01. The van der Waals surface area contributed by atoms with Gasteiger partial charge in [0.15, 0.2) is 0 Å². The van der Waals surface area contributed by atoms with Crippen LogP contribution < -0.4 is 4.72 Å². The zero-order chi connectivity index (χ0) is 25.5. The van der Waals surface area contributed by atoms with Crippen LogP contribution in [0.15, 0.2) is 77.4 Å². The van der Waals surface area contributed by atoms with Crippen molar-refractivity contribution in [3.05, 3.63) is 93.0 Å². The molecule has 3 rings (SSSR count). The topological polar surface area (TPSA) is 15.3 Å². The number of allylic oxidation sites excluding steroid dienone is 7. The molecule has 1 aliphatic carbocycles. The second-order valence-electron chi connectivity index (χ2n) is 8.05. The molecule has 1 N–H and O–H groups in total. The first-order valence-corrected chi connectivity index (χ1v) is 13.8. The average molecular weight is 542 g/mol. The highest BCUT2D eigenvalue weighted by Crippen LogP contribution is 2.36. The molecule has 0 fully saturated rings. The van der Waals surface area contributed by atoms with Crippen LogP contribution in [-0.2, 0) is 6.54 Å². The molecule has 34 heavy (non-hydrogen) atoms. The molecule has 0 amide bonds. The number of nitrogens with zero attached hydrogens (tertiary/aromatic N) is 1. The van der Waals surface area contributed by atoms with Crippen LogP contribution in [0.4, 0.5) is 0 Å². The van der Waals surface area contributed by atoms with Gasteiger partial charge in [-0.25, -0.2) is 0 Å². The molecule has 1 aliphatic heterocycles. The number of halogens is 3. The van der Waals surface area contributed by atoms with E-state index in [1.807, 2.05) is 26.0 Å². The SMILES string of the molecule is C/C=C(\C)SNCC.C=CC(C)Cl.CCC1CN(Cc2ccc(Cl)c(Cl)c2)C2=C1CC=CC=C2. The third-order valence-electron chi connectivity index (χ3n) is 5.40. The summed E-state index contributed by atoms with van der Waals surface area (Å²) >= 11 is 19.2. The summed E-state index contributed by atoms with van der Waals surface area (Å²) in [6.45, 7) is 16.8. The van der Waals surface area contributed by atoms with Crippen LogP contribution in [0.25, 0.3) is 0 Å². The molecule has 0 spiro atoms. The predicted octanol–water partition coefficient (Wildman–Crippen LogP) is 9.57. The van der Waals surface area contributed by atoms with E-state index in [4.69, 9.17) is 34.8 Å². The van der Waals surface area contributed by atoms with Crippen molar-refractivity contribution in [2.45, 2.75) is 59.4 Å². The van der Waals surface area contributed by atoms with Crippen LogP contribution in [0.5, 0.6) is 0 Å². The first-order chi connectivity index (χ1) is 16.3. The maximum atomic E-state index is 6.13. The zero-order valence-corrected chi connectivity index (χ0v) is 24.2. The predicted molar refractivity (Wildman–Crippen MR) is 157 cm³/mol. The van der Waals surface area contributed by atoms with Crippen LogP contribution >= 0.6 is 46.8 Å². The number of benzene rings is 1. The van der Waals surface area contributed by atoms with Crippen molar-refractivity contribution < 1.29 is 0 Å². The Labute approximate surface area is 226 Å². The lowest BCUT2D eigenvalue weighted by Crippen LogP contribution is -2.21. The van der Waals surface area contributed by atoms with Gasteiger partial charge in [-0.2, -0.15) is 0 Å². The Morgan fingerprint density at radius 3 is 2.53 bits per heavy atom. The van der Waals surface area contributed by atoms with Crippen LogP contribution in [0, 0.1) is 5.92 Å². The van der Waals surface area contributed by atoms with Crippen molar-refractivity contribution in [1.82, 2.24) is 9.62 Å². The van der Waals surface area contributed by atoms with Gasteiger partial charge in [-0.1, -0.05) is 85.4 Å².